The minimum Gasteiger partial charge on any atom is -0.507 e. The number of pyridine rings is 1. The third kappa shape index (κ3) is 3.07. The summed E-state index contributed by atoms with van der Waals surface area (Å²) in [5.41, 5.74) is 3.82. The van der Waals surface area contributed by atoms with Crippen LogP contribution >= 0.6 is 0 Å². The first-order chi connectivity index (χ1) is 15.6. The Hall–Kier alpha value is -3.28. The molecule has 1 N–H and O–H groups in total. The molecule has 0 amide bonds. The van der Waals surface area contributed by atoms with Crippen molar-refractivity contribution in [1.29, 1.82) is 0 Å². The highest BCUT2D eigenvalue weighted by atomic mass is 16.5. The van der Waals surface area contributed by atoms with Gasteiger partial charge < -0.3 is 19.3 Å². The van der Waals surface area contributed by atoms with Crippen molar-refractivity contribution in [1.82, 2.24) is 9.55 Å². The Morgan fingerprint density at radius 2 is 2.03 bits per heavy atom. The molecule has 4 heterocycles. The summed E-state index contributed by atoms with van der Waals surface area (Å²) in [6.45, 7) is 8.22. The van der Waals surface area contributed by atoms with Crippen LogP contribution in [0, 0.1) is 10.8 Å². The smallest absolute Gasteiger partial charge is 0.235 e. The molecule has 2 atom stereocenters. The number of phenolic OH excluding ortho intramolecular Hbond substituents is 1. The third-order valence-electron chi connectivity index (χ3n) is 7.55. The zero-order chi connectivity index (χ0) is 23.1. The van der Waals surface area contributed by atoms with Gasteiger partial charge in [0, 0.05) is 43.0 Å². The lowest BCUT2D eigenvalue weighted by Crippen LogP contribution is -2.34. The number of hydrogen-bond donors (Lipinski definition) is 1. The van der Waals surface area contributed by atoms with E-state index in [1.165, 1.54) is 31.0 Å². The first-order valence-corrected chi connectivity index (χ1v) is 11.6. The van der Waals surface area contributed by atoms with Crippen LogP contribution in [0.3, 0.4) is 0 Å². The van der Waals surface area contributed by atoms with Gasteiger partial charge in [0.2, 0.25) is 5.78 Å². The van der Waals surface area contributed by atoms with Gasteiger partial charge in [-0.3, -0.25) is 4.79 Å². The standard InChI is InChI=1S/C27H29N3O3/c1-26(2)11-17-12-27(3,14-26)15-30(17)18-8-9-28-25-22(18)16(13-29(25)4)10-21-24(32)23-19(31)6-5-7-20(23)33-21/h5-10,13,17,31H,11-12,14-15H2,1-4H3. The zero-order valence-corrected chi connectivity index (χ0v) is 19.6. The largest absolute Gasteiger partial charge is 0.507 e. The number of Topliss-reactive ketones (excluding diaryl/α,β-unsaturated/α-hetero) is 1. The van der Waals surface area contributed by atoms with Gasteiger partial charge >= 0.3 is 0 Å². The van der Waals surface area contributed by atoms with Crippen LogP contribution in [0.1, 0.15) is 56.0 Å². The van der Waals surface area contributed by atoms with Crippen LogP contribution in [0.25, 0.3) is 17.1 Å². The quantitative estimate of drug-likeness (QED) is 0.545. The van der Waals surface area contributed by atoms with Gasteiger partial charge in [-0.05, 0) is 54.4 Å². The minimum atomic E-state index is -0.295. The number of ether oxygens (including phenoxy) is 1. The van der Waals surface area contributed by atoms with Gasteiger partial charge in [0.15, 0.2) is 5.76 Å². The molecule has 33 heavy (non-hydrogen) atoms. The molecule has 2 bridgehead atoms. The molecule has 1 aliphatic carbocycles. The lowest BCUT2D eigenvalue weighted by Gasteiger charge is -2.39. The molecule has 0 radical (unpaired) electrons. The van der Waals surface area contributed by atoms with E-state index in [0.29, 0.717) is 22.6 Å². The van der Waals surface area contributed by atoms with Crippen molar-refractivity contribution in [2.24, 2.45) is 17.9 Å². The molecule has 0 spiro atoms. The second kappa shape index (κ2) is 6.62. The molecule has 3 aliphatic rings. The minimum absolute atomic E-state index is 0.0543. The average Bonchev–Trinajstić information content (AvgIpc) is 3.31. The van der Waals surface area contributed by atoms with Gasteiger partial charge in [-0.25, -0.2) is 4.98 Å². The summed E-state index contributed by atoms with van der Waals surface area (Å²) in [5, 5.41) is 11.2. The molecule has 2 aliphatic heterocycles. The lowest BCUT2D eigenvalue weighted by atomic mass is 9.65. The molecule has 2 unspecified atom stereocenters. The summed E-state index contributed by atoms with van der Waals surface area (Å²) in [7, 11) is 1.98. The number of hydrogen-bond acceptors (Lipinski definition) is 5. The normalized spacial score (nSPS) is 26.8. The number of phenols is 1. The fraction of sp³-hybridized carbons (Fsp3) is 0.407. The van der Waals surface area contributed by atoms with E-state index in [0.717, 1.165) is 23.1 Å². The number of aryl methyl sites for hydroxylation is 1. The second-order valence-electron chi connectivity index (χ2n) is 11.2. The van der Waals surface area contributed by atoms with Crippen molar-refractivity contribution in [3.8, 4) is 11.5 Å². The fourth-order valence-electron chi connectivity index (χ4n) is 6.77. The topological polar surface area (TPSA) is 67.6 Å². The van der Waals surface area contributed by atoms with Crippen LogP contribution in [0.15, 0.2) is 42.4 Å². The number of rotatable bonds is 2. The highest BCUT2D eigenvalue weighted by Crippen LogP contribution is 2.54. The molecule has 2 aromatic heterocycles. The van der Waals surface area contributed by atoms with Crippen LogP contribution < -0.4 is 9.64 Å². The first-order valence-electron chi connectivity index (χ1n) is 11.6. The van der Waals surface area contributed by atoms with Gasteiger partial charge in [0.05, 0.1) is 5.69 Å². The molecule has 3 aromatic rings. The Balaban J connectivity index is 1.47. The fourth-order valence-corrected chi connectivity index (χ4v) is 6.77. The van der Waals surface area contributed by atoms with Gasteiger partial charge in [-0.1, -0.05) is 26.8 Å². The third-order valence-corrected chi connectivity index (χ3v) is 7.55. The Morgan fingerprint density at radius 3 is 2.82 bits per heavy atom. The average molecular weight is 444 g/mol. The van der Waals surface area contributed by atoms with Crippen molar-refractivity contribution in [2.45, 2.75) is 46.1 Å². The predicted molar refractivity (Wildman–Crippen MR) is 129 cm³/mol. The first kappa shape index (κ1) is 20.3. The van der Waals surface area contributed by atoms with Crippen LogP contribution in [-0.4, -0.2) is 33.0 Å². The van der Waals surface area contributed by atoms with Gasteiger partial charge in [0.25, 0.3) is 0 Å². The Morgan fingerprint density at radius 1 is 1.21 bits per heavy atom. The predicted octanol–water partition coefficient (Wildman–Crippen LogP) is 5.30. The molecule has 1 aromatic carbocycles. The van der Waals surface area contributed by atoms with E-state index in [1.807, 2.05) is 24.0 Å². The highest BCUT2D eigenvalue weighted by Gasteiger charge is 2.50. The zero-order valence-electron chi connectivity index (χ0n) is 19.6. The van der Waals surface area contributed by atoms with E-state index in [9.17, 15) is 9.90 Å². The molecule has 170 valence electrons. The van der Waals surface area contributed by atoms with Crippen LogP contribution in [-0.2, 0) is 7.05 Å². The van der Waals surface area contributed by atoms with Gasteiger partial charge in [0.1, 0.15) is 22.7 Å². The number of carbonyl (C=O) groups is 1. The molecule has 1 saturated carbocycles. The van der Waals surface area contributed by atoms with Crippen molar-refractivity contribution in [3.05, 3.63) is 53.5 Å². The van der Waals surface area contributed by atoms with Crippen molar-refractivity contribution < 1.29 is 14.6 Å². The van der Waals surface area contributed by atoms with Gasteiger partial charge in [-0.15, -0.1) is 0 Å². The molecule has 2 fully saturated rings. The SMILES string of the molecule is Cn1cc(C=C2Oc3cccc(O)c3C2=O)c2c(N3CC4(C)CC3CC(C)(C)C4)ccnc21. The van der Waals surface area contributed by atoms with E-state index in [1.54, 1.807) is 18.2 Å². The molecule has 6 nitrogen and oxygen atoms in total. The Kier molecular flexibility index (Phi) is 4.08. The van der Waals surface area contributed by atoms with E-state index < -0.39 is 0 Å². The summed E-state index contributed by atoms with van der Waals surface area (Å²) >= 11 is 0. The molecule has 6 heteroatoms. The number of allylic oxidation sites excluding steroid dienone is 1. The summed E-state index contributed by atoms with van der Waals surface area (Å²) in [6.07, 6.45) is 9.29. The molecular formula is C27H29N3O3. The number of aromatic nitrogens is 2. The second-order valence-corrected chi connectivity index (χ2v) is 11.2. The molecular weight excluding hydrogens is 414 g/mol. The highest BCUT2D eigenvalue weighted by molar-refractivity contribution is 6.17. The Bertz CT molecular complexity index is 1350. The van der Waals surface area contributed by atoms with E-state index >= 15 is 0 Å². The number of anilines is 1. The van der Waals surface area contributed by atoms with Crippen LogP contribution in [0.4, 0.5) is 5.69 Å². The van der Waals surface area contributed by atoms with E-state index in [-0.39, 0.29) is 22.9 Å². The monoisotopic (exact) mass is 443 g/mol. The Labute approximate surface area is 193 Å². The van der Waals surface area contributed by atoms with Crippen LogP contribution in [0.5, 0.6) is 11.5 Å². The summed E-state index contributed by atoms with van der Waals surface area (Å²) in [6, 6.07) is 7.50. The number of aromatic hydroxyl groups is 1. The van der Waals surface area contributed by atoms with Gasteiger partial charge in [-0.2, -0.15) is 0 Å². The summed E-state index contributed by atoms with van der Waals surface area (Å²) < 4.78 is 7.85. The maximum absolute atomic E-state index is 13.0. The molecule has 6 rings (SSSR count). The summed E-state index contributed by atoms with van der Waals surface area (Å²) in [5.74, 6) is 0.272. The number of ketones is 1. The number of nitrogens with zero attached hydrogens (tertiary/aromatic N) is 3. The molecule has 1 saturated heterocycles. The number of benzene rings is 1. The van der Waals surface area contributed by atoms with Crippen LogP contribution in [0.2, 0.25) is 0 Å². The lowest BCUT2D eigenvalue weighted by molar-refractivity contribution is 0.101. The number of fused-ring (bicyclic) bond motifs is 4. The maximum Gasteiger partial charge on any atom is 0.235 e. The van der Waals surface area contributed by atoms with E-state index in [2.05, 4.69) is 36.7 Å². The number of carbonyl (C=O) groups excluding carboxylic acids is 1. The van der Waals surface area contributed by atoms with Crippen molar-refractivity contribution in [3.63, 3.8) is 0 Å². The van der Waals surface area contributed by atoms with Crippen molar-refractivity contribution in [2.75, 3.05) is 11.4 Å². The summed E-state index contributed by atoms with van der Waals surface area (Å²) in [4.78, 5) is 20.2. The maximum atomic E-state index is 13.0. The van der Waals surface area contributed by atoms with Crippen molar-refractivity contribution >= 4 is 28.6 Å². The van der Waals surface area contributed by atoms with E-state index in [4.69, 9.17) is 4.74 Å².